The molecule has 1 aliphatic heterocycles. The maximum Gasteiger partial charge on any atom is 0.258 e. The molecule has 8 heteroatoms. The third-order valence-electron chi connectivity index (χ3n) is 7.85. The second-order valence-corrected chi connectivity index (χ2v) is 18.4. The summed E-state index contributed by atoms with van der Waals surface area (Å²) < 4.78 is 9.46. The fraction of sp³-hybridized carbons (Fsp3) is 0.679. The second-order valence-electron chi connectivity index (χ2n) is 12.7. The number of halogens is 1. The molecule has 1 saturated heterocycles. The summed E-state index contributed by atoms with van der Waals surface area (Å²) in [5, 5.41) is 11.1. The highest BCUT2D eigenvalue weighted by Crippen LogP contribution is 2.37. The molecule has 202 valence electrons. The Balaban J connectivity index is 1.83. The van der Waals surface area contributed by atoms with E-state index in [9.17, 15) is 4.79 Å². The maximum atomic E-state index is 13.5. The van der Waals surface area contributed by atoms with Crippen molar-refractivity contribution < 1.29 is 9.53 Å². The van der Waals surface area contributed by atoms with Gasteiger partial charge in [-0.3, -0.25) is 9.69 Å². The van der Waals surface area contributed by atoms with Gasteiger partial charge in [0.05, 0.1) is 0 Å². The Morgan fingerprint density at radius 1 is 1.03 bits per heavy atom. The fourth-order valence-electron chi connectivity index (χ4n) is 4.49. The van der Waals surface area contributed by atoms with Gasteiger partial charge in [-0.1, -0.05) is 50.5 Å². The van der Waals surface area contributed by atoms with Crippen LogP contribution in [-0.2, 0) is 17.5 Å². The number of piperazine rings is 1. The molecule has 36 heavy (non-hydrogen) atoms. The van der Waals surface area contributed by atoms with Crippen molar-refractivity contribution in [3.05, 3.63) is 44.8 Å². The number of benzene rings is 1. The van der Waals surface area contributed by atoms with E-state index in [1.807, 2.05) is 16.7 Å². The summed E-state index contributed by atoms with van der Waals surface area (Å²) >= 11 is 3.61. The number of rotatable bonds is 10. The highest BCUT2D eigenvalue weighted by atomic mass is 79.9. The summed E-state index contributed by atoms with van der Waals surface area (Å²) in [5.74, 6) is 0. The van der Waals surface area contributed by atoms with Crippen LogP contribution in [0.4, 0.5) is 0 Å². The lowest BCUT2D eigenvalue weighted by Crippen LogP contribution is -2.46. The molecule has 0 unspecified atom stereocenters. The van der Waals surface area contributed by atoms with Crippen molar-refractivity contribution in [3.8, 4) is 0 Å². The van der Waals surface area contributed by atoms with Gasteiger partial charge in [0.25, 0.3) is 5.56 Å². The zero-order chi connectivity index (χ0) is 26.7. The Kier molecular flexibility index (Phi) is 9.66. The van der Waals surface area contributed by atoms with E-state index < -0.39 is 8.32 Å². The maximum absolute atomic E-state index is 13.5. The largest absolute Gasteiger partial charge is 0.416 e. The lowest BCUT2D eigenvalue weighted by molar-refractivity contribution is 0.119. The fourth-order valence-corrected chi connectivity index (χ4v) is 6.03. The van der Waals surface area contributed by atoms with E-state index in [0.29, 0.717) is 13.2 Å². The molecule has 0 spiro atoms. The zero-order valence-electron chi connectivity index (χ0n) is 23.4. The van der Waals surface area contributed by atoms with E-state index in [0.717, 1.165) is 60.9 Å². The molecule has 2 aromatic rings. The van der Waals surface area contributed by atoms with E-state index in [1.54, 1.807) is 0 Å². The van der Waals surface area contributed by atoms with Crippen LogP contribution in [0.3, 0.4) is 0 Å². The van der Waals surface area contributed by atoms with Crippen molar-refractivity contribution in [2.45, 2.75) is 72.3 Å². The minimum atomic E-state index is -1.87. The number of aromatic nitrogens is 1. The molecule has 0 atom stereocenters. The van der Waals surface area contributed by atoms with Crippen molar-refractivity contribution in [1.29, 1.82) is 0 Å². The summed E-state index contributed by atoms with van der Waals surface area (Å²) in [7, 11) is -1.87. The van der Waals surface area contributed by atoms with E-state index >= 15 is 0 Å². The standard InChI is InChI=1S/C28H46BrN3O3Si/c1-27(2,3)36(6,7)35-21-28(4,5)20-32-19-22(25-17-23(29)9-10-24(25)26(32)34)18-31-14-12-30(13-15-31)11-8-16-33/h9-10,17,19,33H,8,11-16,18,20-21H2,1-7H3. The van der Waals surface area contributed by atoms with E-state index in [4.69, 9.17) is 9.53 Å². The van der Waals surface area contributed by atoms with Gasteiger partial charge in [0.2, 0.25) is 0 Å². The van der Waals surface area contributed by atoms with Crippen molar-refractivity contribution in [2.24, 2.45) is 5.41 Å². The van der Waals surface area contributed by atoms with Crippen LogP contribution >= 0.6 is 15.9 Å². The van der Waals surface area contributed by atoms with Crippen LogP contribution in [0.5, 0.6) is 0 Å². The molecule has 0 bridgehead atoms. The number of pyridine rings is 1. The van der Waals surface area contributed by atoms with Gasteiger partial charge in [-0.05, 0) is 53.7 Å². The molecule has 1 aromatic carbocycles. The molecule has 0 saturated carbocycles. The summed E-state index contributed by atoms with van der Waals surface area (Å²) in [6, 6.07) is 6.00. The van der Waals surface area contributed by atoms with Gasteiger partial charge in [0.1, 0.15) is 0 Å². The quantitative estimate of drug-likeness (QED) is 0.386. The molecular weight excluding hydrogens is 534 g/mol. The smallest absolute Gasteiger partial charge is 0.258 e. The third kappa shape index (κ3) is 7.51. The lowest BCUT2D eigenvalue weighted by Gasteiger charge is -2.39. The van der Waals surface area contributed by atoms with Crippen LogP contribution in [0.25, 0.3) is 10.8 Å². The molecule has 1 fully saturated rings. The summed E-state index contributed by atoms with van der Waals surface area (Å²) in [4.78, 5) is 18.4. The minimum absolute atomic E-state index is 0.0653. The number of hydrogen-bond donors (Lipinski definition) is 1. The number of hydrogen-bond acceptors (Lipinski definition) is 5. The highest BCUT2D eigenvalue weighted by molar-refractivity contribution is 9.10. The zero-order valence-corrected chi connectivity index (χ0v) is 25.9. The highest BCUT2D eigenvalue weighted by Gasteiger charge is 2.38. The van der Waals surface area contributed by atoms with Crippen LogP contribution in [0.2, 0.25) is 18.1 Å². The van der Waals surface area contributed by atoms with Gasteiger partial charge in [0, 0.05) is 80.5 Å². The number of nitrogens with zero attached hydrogens (tertiary/aromatic N) is 3. The Morgan fingerprint density at radius 2 is 1.67 bits per heavy atom. The van der Waals surface area contributed by atoms with Gasteiger partial charge in [-0.25, -0.2) is 0 Å². The normalized spacial score (nSPS) is 16.7. The van der Waals surface area contributed by atoms with Crippen molar-refractivity contribution in [2.75, 3.05) is 45.9 Å². The number of fused-ring (bicyclic) bond motifs is 1. The first-order valence-corrected chi connectivity index (χ1v) is 16.9. The van der Waals surface area contributed by atoms with Crippen molar-refractivity contribution >= 4 is 35.0 Å². The third-order valence-corrected chi connectivity index (χ3v) is 12.8. The lowest BCUT2D eigenvalue weighted by atomic mass is 9.94. The van der Waals surface area contributed by atoms with Crippen LogP contribution in [0.1, 0.15) is 46.6 Å². The Bertz CT molecular complexity index is 1090. The summed E-state index contributed by atoms with van der Waals surface area (Å²) in [6.45, 7) is 23.0. The van der Waals surface area contributed by atoms with Crippen molar-refractivity contribution in [1.82, 2.24) is 14.4 Å². The van der Waals surface area contributed by atoms with Crippen LogP contribution < -0.4 is 5.56 Å². The molecule has 0 radical (unpaired) electrons. The molecule has 1 aromatic heterocycles. The van der Waals surface area contributed by atoms with Crippen molar-refractivity contribution in [3.63, 3.8) is 0 Å². The average molecular weight is 581 g/mol. The molecule has 3 rings (SSSR count). The SMILES string of the molecule is CC(C)(CO[Si](C)(C)C(C)(C)C)Cn1cc(CN2CCN(CCCO)CC2)c2cc(Br)ccc2c1=O. The first kappa shape index (κ1) is 29.5. The molecule has 6 nitrogen and oxygen atoms in total. The number of aliphatic hydroxyl groups excluding tert-OH is 1. The van der Waals surface area contributed by atoms with Crippen LogP contribution in [-0.4, -0.2) is 73.7 Å². The average Bonchev–Trinajstić information content (AvgIpc) is 2.79. The second kappa shape index (κ2) is 11.8. The molecule has 0 aliphatic carbocycles. The van der Waals surface area contributed by atoms with Gasteiger partial charge < -0.3 is 19.0 Å². The Hall–Kier alpha value is -1.03. The van der Waals surface area contributed by atoms with E-state index in [-0.39, 0.29) is 22.6 Å². The summed E-state index contributed by atoms with van der Waals surface area (Å²) in [6.07, 6.45) is 2.92. The molecule has 0 amide bonds. The topological polar surface area (TPSA) is 57.9 Å². The van der Waals surface area contributed by atoms with Gasteiger partial charge in [-0.2, -0.15) is 0 Å². The first-order chi connectivity index (χ1) is 16.7. The molecule has 1 N–H and O–H groups in total. The summed E-state index contributed by atoms with van der Waals surface area (Å²) in [5.41, 5.74) is 1.09. The van der Waals surface area contributed by atoms with E-state index in [1.165, 1.54) is 5.56 Å². The van der Waals surface area contributed by atoms with Gasteiger partial charge >= 0.3 is 0 Å². The predicted molar refractivity (Wildman–Crippen MR) is 156 cm³/mol. The Morgan fingerprint density at radius 3 is 2.28 bits per heavy atom. The molecule has 2 heterocycles. The number of aliphatic hydroxyl groups is 1. The first-order valence-electron chi connectivity index (χ1n) is 13.2. The van der Waals surface area contributed by atoms with Gasteiger partial charge in [-0.15, -0.1) is 0 Å². The van der Waals surface area contributed by atoms with Gasteiger partial charge in [0.15, 0.2) is 8.32 Å². The minimum Gasteiger partial charge on any atom is -0.416 e. The Labute approximate surface area is 226 Å². The molecule has 1 aliphatic rings. The molecular formula is C28H46BrN3O3Si. The monoisotopic (exact) mass is 579 g/mol. The van der Waals surface area contributed by atoms with Crippen LogP contribution in [0, 0.1) is 5.41 Å². The predicted octanol–water partition coefficient (Wildman–Crippen LogP) is 5.31. The van der Waals surface area contributed by atoms with E-state index in [2.05, 4.69) is 85.7 Å². The van der Waals surface area contributed by atoms with Crippen LogP contribution in [0.15, 0.2) is 33.7 Å².